The summed E-state index contributed by atoms with van der Waals surface area (Å²) in [5.41, 5.74) is 1.72. The van der Waals surface area contributed by atoms with Crippen LogP contribution in [0.3, 0.4) is 0 Å². The monoisotopic (exact) mass is 438 g/mol. The van der Waals surface area contributed by atoms with E-state index in [2.05, 4.69) is 10.3 Å². The van der Waals surface area contributed by atoms with E-state index < -0.39 is 11.6 Å². The number of benzene rings is 1. The Kier molecular flexibility index (Phi) is 5.95. The molecule has 1 aromatic heterocycles. The Labute approximate surface area is 186 Å². The van der Waals surface area contributed by atoms with Gasteiger partial charge in [-0.3, -0.25) is 19.5 Å². The maximum absolute atomic E-state index is 13.4. The number of halogens is 1. The van der Waals surface area contributed by atoms with Crippen LogP contribution in [0, 0.1) is 5.82 Å². The molecule has 2 aromatic rings. The number of imide groups is 1. The number of likely N-dealkylation sites (tertiary alicyclic amines) is 1. The molecule has 4 rings (SSSR count). The van der Waals surface area contributed by atoms with Crippen molar-refractivity contribution in [1.82, 2.24) is 20.1 Å². The number of nitrogens with one attached hydrogen (secondary N) is 1. The molecule has 0 bridgehead atoms. The van der Waals surface area contributed by atoms with Gasteiger partial charge >= 0.3 is 6.03 Å². The summed E-state index contributed by atoms with van der Waals surface area (Å²) in [6.45, 7) is 3.99. The molecule has 3 heterocycles. The number of pyridine rings is 1. The molecule has 8 heteroatoms. The van der Waals surface area contributed by atoms with E-state index in [1.165, 1.54) is 12.1 Å². The number of hydrogen-bond donors (Lipinski definition) is 1. The molecule has 0 radical (unpaired) electrons. The molecule has 1 atom stereocenters. The van der Waals surface area contributed by atoms with Crippen LogP contribution >= 0.6 is 0 Å². The molecule has 0 spiro atoms. The Morgan fingerprint density at radius 2 is 2.03 bits per heavy atom. The molecule has 32 heavy (non-hydrogen) atoms. The van der Waals surface area contributed by atoms with Crippen molar-refractivity contribution in [1.29, 1.82) is 0 Å². The van der Waals surface area contributed by atoms with E-state index in [9.17, 15) is 18.8 Å². The molecule has 4 amide bonds. The minimum absolute atomic E-state index is 0.0656. The first-order chi connectivity index (χ1) is 15.2. The predicted molar refractivity (Wildman–Crippen MR) is 116 cm³/mol. The third kappa shape index (κ3) is 4.49. The zero-order valence-electron chi connectivity index (χ0n) is 18.3. The highest BCUT2D eigenvalue weighted by Crippen LogP contribution is 2.31. The standard InChI is InChI=1S/C24H27FN4O3/c1-24(2)22(31)29(23(32)27-24)12-10-21(30)28-11-4-7-20(28)19-9-8-17(15-26-19)13-16-5-3-6-18(25)14-16/h3,5-6,8-9,14-15,20H,4,7,10-13H2,1-2H3,(H,27,32)/t20-/m1/s1. The third-order valence-corrected chi connectivity index (χ3v) is 6.05. The predicted octanol–water partition coefficient (Wildman–Crippen LogP) is 3.20. The van der Waals surface area contributed by atoms with Gasteiger partial charge < -0.3 is 10.2 Å². The van der Waals surface area contributed by atoms with Crippen LogP contribution in [0.15, 0.2) is 42.6 Å². The van der Waals surface area contributed by atoms with E-state index in [0.717, 1.165) is 34.6 Å². The molecule has 2 aliphatic rings. The van der Waals surface area contributed by atoms with Crippen molar-refractivity contribution >= 4 is 17.8 Å². The highest BCUT2D eigenvalue weighted by molar-refractivity contribution is 6.06. The van der Waals surface area contributed by atoms with E-state index in [1.807, 2.05) is 18.2 Å². The number of carbonyl (C=O) groups excluding carboxylic acids is 3. The summed E-state index contributed by atoms with van der Waals surface area (Å²) in [5, 5.41) is 2.63. The van der Waals surface area contributed by atoms with Crippen LogP contribution in [0.2, 0.25) is 0 Å². The molecular weight excluding hydrogens is 411 g/mol. The number of aromatic nitrogens is 1. The summed E-state index contributed by atoms with van der Waals surface area (Å²) >= 11 is 0. The van der Waals surface area contributed by atoms with Crippen molar-refractivity contribution < 1.29 is 18.8 Å². The molecule has 0 saturated carbocycles. The molecule has 2 aliphatic heterocycles. The zero-order chi connectivity index (χ0) is 22.9. The van der Waals surface area contributed by atoms with Crippen LogP contribution in [-0.2, 0) is 16.0 Å². The molecule has 0 aliphatic carbocycles. The Morgan fingerprint density at radius 1 is 1.22 bits per heavy atom. The smallest absolute Gasteiger partial charge is 0.325 e. The molecule has 2 fully saturated rings. The Hall–Kier alpha value is -3.29. The van der Waals surface area contributed by atoms with Gasteiger partial charge in [-0.25, -0.2) is 9.18 Å². The molecule has 1 N–H and O–H groups in total. The highest BCUT2D eigenvalue weighted by atomic mass is 19.1. The second-order valence-corrected chi connectivity index (χ2v) is 8.91. The lowest BCUT2D eigenvalue weighted by Crippen LogP contribution is -2.41. The quantitative estimate of drug-likeness (QED) is 0.703. The van der Waals surface area contributed by atoms with Gasteiger partial charge in [0.05, 0.1) is 11.7 Å². The lowest BCUT2D eigenvalue weighted by Gasteiger charge is -2.25. The first-order valence-electron chi connectivity index (χ1n) is 10.9. The fourth-order valence-corrected chi connectivity index (χ4v) is 4.37. The molecule has 0 unspecified atom stereocenters. The lowest BCUT2D eigenvalue weighted by atomic mass is 10.0. The van der Waals surface area contributed by atoms with Crippen molar-refractivity contribution in [3.8, 4) is 0 Å². The van der Waals surface area contributed by atoms with E-state index in [-0.39, 0.29) is 36.6 Å². The third-order valence-electron chi connectivity index (χ3n) is 6.05. The maximum atomic E-state index is 13.4. The molecule has 2 saturated heterocycles. The van der Waals surface area contributed by atoms with Crippen LogP contribution in [0.5, 0.6) is 0 Å². The number of carbonyl (C=O) groups is 3. The van der Waals surface area contributed by atoms with Crippen molar-refractivity contribution in [2.75, 3.05) is 13.1 Å². The fourth-order valence-electron chi connectivity index (χ4n) is 4.37. The SMILES string of the molecule is CC1(C)NC(=O)N(CCC(=O)N2CCC[C@@H]2c2ccc(Cc3cccc(F)c3)cn2)C1=O. The lowest BCUT2D eigenvalue weighted by molar-refractivity contribution is -0.134. The Bertz CT molecular complexity index is 1040. The van der Waals surface area contributed by atoms with Crippen molar-refractivity contribution in [2.45, 2.75) is 51.1 Å². The summed E-state index contributed by atoms with van der Waals surface area (Å²) in [6.07, 6.45) is 4.14. The highest BCUT2D eigenvalue weighted by Gasteiger charge is 2.44. The number of hydrogen-bond acceptors (Lipinski definition) is 4. The number of amides is 4. The Balaban J connectivity index is 1.38. The second-order valence-electron chi connectivity index (χ2n) is 8.91. The molecule has 1 aromatic carbocycles. The van der Waals surface area contributed by atoms with Gasteiger partial charge in [0, 0.05) is 25.7 Å². The zero-order valence-corrected chi connectivity index (χ0v) is 18.3. The molecule has 168 valence electrons. The van der Waals surface area contributed by atoms with Crippen LogP contribution < -0.4 is 5.32 Å². The first-order valence-corrected chi connectivity index (χ1v) is 10.9. The summed E-state index contributed by atoms with van der Waals surface area (Å²) in [5.74, 6) is -0.670. The first kappa shape index (κ1) is 21.9. The van der Waals surface area contributed by atoms with Crippen LogP contribution in [0.4, 0.5) is 9.18 Å². The minimum atomic E-state index is -0.937. The fraction of sp³-hybridized carbons (Fsp3) is 0.417. The largest absolute Gasteiger partial charge is 0.334 e. The van der Waals surface area contributed by atoms with Crippen molar-refractivity contribution in [2.24, 2.45) is 0 Å². The van der Waals surface area contributed by atoms with Crippen LogP contribution in [0.1, 0.15) is 56.0 Å². The van der Waals surface area contributed by atoms with E-state index >= 15 is 0 Å². The minimum Gasteiger partial charge on any atom is -0.334 e. The van der Waals surface area contributed by atoms with E-state index in [0.29, 0.717) is 13.0 Å². The average Bonchev–Trinajstić information content (AvgIpc) is 3.30. The summed E-state index contributed by atoms with van der Waals surface area (Å²) in [7, 11) is 0. The normalized spacial score (nSPS) is 20.0. The van der Waals surface area contributed by atoms with Gasteiger partial charge in [0.1, 0.15) is 11.4 Å². The average molecular weight is 439 g/mol. The second kappa shape index (κ2) is 8.68. The number of urea groups is 1. The maximum Gasteiger partial charge on any atom is 0.325 e. The summed E-state index contributed by atoms with van der Waals surface area (Å²) in [6, 6.07) is 9.80. The Morgan fingerprint density at radius 3 is 2.69 bits per heavy atom. The van der Waals surface area contributed by atoms with Gasteiger partial charge in [-0.15, -0.1) is 0 Å². The van der Waals surface area contributed by atoms with Crippen LogP contribution in [-0.4, -0.2) is 51.3 Å². The van der Waals surface area contributed by atoms with Gasteiger partial charge in [-0.1, -0.05) is 18.2 Å². The van der Waals surface area contributed by atoms with Crippen LogP contribution in [0.25, 0.3) is 0 Å². The summed E-state index contributed by atoms with van der Waals surface area (Å²) < 4.78 is 13.4. The molecular formula is C24H27FN4O3. The van der Waals surface area contributed by atoms with Gasteiger partial charge in [0.15, 0.2) is 0 Å². The van der Waals surface area contributed by atoms with Crippen molar-refractivity contribution in [3.63, 3.8) is 0 Å². The topological polar surface area (TPSA) is 82.6 Å². The molecule has 7 nitrogen and oxygen atoms in total. The van der Waals surface area contributed by atoms with Gasteiger partial charge in [-0.05, 0) is 62.4 Å². The van der Waals surface area contributed by atoms with E-state index in [1.54, 1.807) is 31.0 Å². The number of rotatable bonds is 6. The van der Waals surface area contributed by atoms with Gasteiger partial charge in [-0.2, -0.15) is 0 Å². The van der Waals surface area contributed by atoms with E-state index in [4.69, 9.17) is 0 Å². The number of nitrogens with zero attached hydrogens (tertiary/aromatic N) is 3. The summed E-state index contributed by atoms with van der Waals surface area (Å²) in [4.78, 5) is 44.7. The van der Waals surface area contributed by atoms with Gasteiger partial charge in [0.2, 0.25) is 5.91 Å². The van der Waals surface area contributed by atoms with Crippen molar-refractivity contribution in [3.05, 3.63) is 65.2 Å². The van der Waals surface area contributed by atoms with Gasteiger partial charge in [0.25, 0.3) is 5.91 Å².